The van der Waals surface area contributed by atoms with Crippen molar-refractivity contribution >= 4 is 11.6 Å². The third kappa shape index (κ3) is 2.79. The summed E-state index contributed by atoms with van der Waals surface area (Å²) < 4.78 is 0. The normalized spacial score (nSPS) is 33.7. The maximum absolute atomic E-state index is 13.3. The standard InChI is InChI=1S/C19H27N3O/c20-18-13-5-3-6-14(18)11-16(10-13)19(23)22-9-8-21-12-15-4-1-2-7-17(15)22/h1-2,4,7,13-14,16,18,21H,3,5-6,8-12,20H2. The van der Waals surface area contributed by atoms with Gasteiger partial charge in [-0.2, -0.15) is 0 Å². The Morgan fingerprint density at radius 2 is 1.91 bits per heavy atom. The first-order chi connectivity index (χ1) is 11.2. The van der Waals surface area contributed by atoms with Gasteiger partial charge in [-0.05, 0) is 49.1 Å². The number of fused-ring (bicyclic) bond motifs is 3. The minimum Gasteiger partial charge on any atom is -0.327 e. The zero-order chi connectivity index (χ0) is 15.8. The zero-order valence-electron chi connectivity index (χ0n) is 13.7. The number of hydrogen-bond donors (Lipinski definition) is 2. The average molecular weight is 313 g/mol. The average Bonchev–Trinajstić information content (AvgIpc) is 2.76. The van der Waals surface area contributed by atoms with Crippen molar-refractivity contribution in [3.63, 3.8) is 0 Å². The summed E-state index contributed by atoms with van der Waals surface area (Å²) in [5, 5.41) is 3.42. The Hall–Kier alpha value is -1.39. The lowest BCUT2D eigenvalue weighted by Crippen LogP contribution is -2.50. The Morgan fingerprint density at radius 3 is 2.70 bits per heavy atom. The van der Waals surface area contributed by atoms with Crippen LogP contribution in [0.15, 0.2) is 24.3 Å². The lowest BCUT2D eigenvalue weighted by molar-refractivity contribution is -0.125. The molecule has 2 fully saturated rings. The van der Waals surface area contributed by atoms with Gasteiger partial charge in [-0.15, -0.1) is 0 Å². The van der Waals surface area contributed by atoms with Gasteiger partial charge in [0.2, 0.25) is 5.91 Å². The molecule has 0 saturated heterocycles. The maximum Gasteiger partial charge on any atom is 0.230 e. The molecule has 124 valence electrons. The second-order valence-corrected chi connectivity index (χ2v) is 7.49. The Bertz CT molecular complexity index is 574. The van der Waals surface area contributed by atoms with Gasteiger partial charge in [0.15, 0.2) is 0 Å². The number of carbonyl (C=O) groups excluding carboxylic acids is 1. The smallest absolute Gasteiger partial charge is 0.230 e. The minimum absolute atomic E-state index is 0.163. The first-order valence-electron chi connectivity index (χ1n) is 9.09. The summed E-state index contributed by atoms with van der Waals surface area (Å²) in [4.78, 5) is 15.3. The third-order valence-corrected chi connectivity index (χ3v) is 6.14. The van der Waals surface area contributed by atoms with E-state index in [4.69, 9.17) is 5.73 Å². The molecule has 4 heteroatoms. The van der Waals surface area contributed by atoms with Crippen LogP contribution >= 0.6 is 0 Å². The molecular weight excluding hydrogens is 286 g/mol. The number of benzene rings is 1. The molecular formula is C19H27N3O. The topological polar surface area (TPSA) is 58.4 Å². The molecule has 4 nitrogen and oxygen atoms in total. The second kappa shape index (κ2) is 6.25. The van der Waals surface area contributed by atoms with Gasteiger partial charge < -0.3 is 16.0 Å². The van der Waals surface area contributed by atoms with Gasteiger partial charge in [0.1, 0.15) is 0 Å². The molecule has 1 amide bonds. The fourth-order valence-electron chi connectivity index (χ4n) is 4.90. The first-order valence-corrected chi connectivity index (χ1v) is 9.09. The maximum atomic E-state index is 13.3. The largest absolute Gasteiger partial charge is 0.327 e. The van der Waals surface area contributed by atoms with Crippen LogP contribution in [0.2, 0.25) is 0 Å². The number of nitrogens with zero attached hydrogens (tertiary/aromatic N) is 1. The van der Waals surface area contributed by atoms with Crippen LogP contribution in [0.3, 0.4) is 0 Å². The van der Waals surface area contributed by atoms with E-state index in [0.717, 1.165) is 38.2 Å². The van der Waals surface area contributed by atoms with Crippen LogP contribution in [0.5, 0.6) is 0 Å². The van der Waals surface area contributed by atoms with E-state index in [-0.39, 0.29) is 5.92 Å². The van der Waals surface area contributed by atoms with E-state index in [9.17, 15) is 4.79 Å². The van der Waals surface area contributed by atoms with E-state index < -0.39 is 0 Å². The summed E-state index contributed by atoms with van der Waals surface area (Å²) >= 11 is 0. The van der Waals surface area contributed by atoms with E-state index in [1.54, 1.807) is 0 Å². The highest BCUT2D eigenvalue weighted by molar-refractivity contribution is 5.96. The van der Waals surface area contributed by atoms with Gasteiger partial charge in [-0.3, -0.25) is 4.79 Å². The van der Waals surface area contributed by atoms with Gasteiger partial charge in [0, 0.05) is 37.3 Å². The van der Waals surface area contributed by atoms with Gasteiger partial charge in [0.25, 0.3) is 0 Å². The van der Waals surface area contributed by atoms with Gasteiger partial charge in [-0.1, -0.05) is 24.6 Å². The fraction of sp³-hybridized carbons (Fsp3) is 0.632. The molecule has 2 saturated carbocycles. The summed E-state index contributed by atoms with van der Waals surface area (Å²) in [5.74, 6) is 1.59. The van der Waals surface area contributed by atoms with Crippen molar-refractivity contribution in [3.05, 3.63) is 29.8 Å². The van der Waals surface area contributed by atoms with Crippen molar-refractivity contribution in [1.82, 2.24) is 5.32 Å². The lowest BCUT2D eigenvalue weighted by Gasteiger charge is -2.44. The minimum atomic E-state index is 0.163. The number of nitrogens with two attached hydrogens (primary N) is 1. The van der Waals surface area contributed by atoms with Crippen molar-refractivity contribution in [3.8, 4) is 0 Å². The summed E-state index contributed by atoms with van der Waals surface area (Å²) in [7, 11) is 0. The molecule has 1 aliphatic heterocycles. The Labute approximate surface area is 138 Å². The highest BCUT2D eigenvalue weighted by Gasteiger charge is 2.42. The molecule has 0 radical (unpaired) electrons. The van der Waals surface area contributed by atoms with E-state index in [1.165, 1.54) is 24.8 Å². The van der Waals surface area contributed by atoms with E-state index in [1.807, 2.05) is 11.0 Å². The number of anilines is 1. The van der Waals surface area contributed by atoms with Crippen LogP contribution in [0.4, 0.5) is 5.69 Å². The molecule has 3 aliphatic rings. The van der Waals surface area contributed by atoms with Gasteiger partial charge in [-0.25, -0.2) is 0 Å². The van der Waals surface area contributed by atoms with E-state index >= 15 is 0 Å². The second-order valence-electron chi connectivity index (χ2n) is 7.49. The monoisotopic (exact) mass is 313 g/mol. The molecule has 2 aliphatic carbocycles. The van der Waals surface area contributed by atoms with Crippen molar-refractivity contribution in [1.29, 1.82) is 0 Å². The molecule has 2 atom stereocenters. The van der Waals surface area contributed by atoms with Crippen LogP contribution in [0, 0.1) is 17.8 Å². The predicted molar refractivity (Wildman–Crippen MR) is 92.0 cm³/mol. The number of carbonyl (C=O) groups is 1. The molecule has 1 aromatic carbocycles. The van der Waals surface area contributed by atoms with Gasteiger partial charge in [0.05, 0.1) is 0 Å². The zero-order valence-corrected chi connectivity index (χ0v) is 13.7. The molecule has 23 heavy (non-hydrogen) atoms. The number of amides is 1. The Balaban J connectivity index is 1.57. The van der Waals surface area contributed by atoms with Gasteiger partial charge >= 0.3 is 0 Å². The van der Waals surface area contributed by atoms with Crippen LogP contribution in [0.1, 0.15) is 37.7 Å². The molecule has 0 spiro atoms. The third-order valence-electron chi connectivity index (χ3n) is 6.14. The highest BCUT2D eigenvalue weighted by Crippen LogP contribution is 2.43. The lowest BCUT2D eigenvalue weighted by atomic mass is 9.65. The van der Waals surface area contributed by atoms with Crippen molar-refractivity contribution in [2.45, 2.75) is 44.7 Å². The van der Waals surface area contributed by atoms with Crippen molar-refractivity contribution < 1.29 is 4.79 Å². The van der Waals surface area contributed by atoms with Crippen LogP contribution < -0.4 is 16.0 Å². The Kier molecular flexibility index (Phi) is 4.12. The molecule has 2 bridgehead atoms. The number of hydrogen-bond acceptors (Lipinski definition) is 3. The van der Waals surface area contributed by atoms with E-state index in [2.05, 4.69) is 23.5 Å². The molecule has 1 aromatic rings. The molecule has 4 rings (SSSR count). The van der Waals surface area contributed by atoms with Crippen molar-refractivity contribution in [2.75, 3.05) is 18.0 Å². The molecule has 2 unspecified atom stereocenters. The van der Waals surface area contributed by atoms with Crippen molar-refractivity contribution in [2.24, 2.45) is 23.5 Å². The summed E-state index contributed by atoms with van der Waals surface area (Å²) in [6.45, 7) is 2.48. The molecule has 0 aromatic heterocycles. The fourth-order valence-corrected chi connectivity index (χ4v) is 4.90. The summed E-state index contributed by atoms with van der Waals surface area (Å²) in [6.07, 6.45) is 5.69. The quantitative estimate of drug-likeness (QED) is 0.836. The molecule has 3 N–H and O–H groups in total. The van der Waals surface area contributed by atoms with Crippen LogP contribution in [-0.2, 0) is 11.3 Å². The highest BCUT2D eigenvalue weighted by atomic mass is 16.2. The van der Waals surface area contributed by atoms with E-state index in [0.29, 0.717) is 23.8 Å². The summed E-state index contributed by atoms with van der Waals surface area (Å²) in [5.41, 5.74) is 8.72. The first kappa shape index (κ1) is 15.2. The number of rotatable bonds is 1. The van der Waals surface area contributed by atoms with Crippen LogP contribution in [-0.4, -0.2) is 25.0 Å². The summed E-state index contributed by atoms with van der Waals surface area (Å²) in [6, 6.07) is 8.63. The number of para-hydroxylation sites is 1. The Morgan fingerprint density at radius 1 is 1.17 bits per heavy atom. The predicted octanol–water partition coefficient (Wildman–Crippen LogP) is 2.28. The van der Waals surface area contributed by atoms with Crippen LogP contribution in [0.25, 0.3) is 0 Å². The number of nitrogens with one attached hydrogen (secondary N) is 1. The SMILES string of the molecule is NC1C2CCCC1CC(C(=O)N1CCNCc3ccccc31)C2. The molecule has 1 heterocycles.